The van der Waals surface area contributed by atoms with Gasteiger partial charge < -0.3 is 5.73 Å². The molecule has 16 heavy (non-hydrogen) atoms. The van der Waals surface area contributed by atoms with Crippen molar-refractivity contribution in [3.63, 3.8) is 0 Å². The van der Waals surface area contributed by atoms with E-state index in [4.69, 9.17) is 5.73 Å². The third kappa shape index (κ3) is 2.20. The Kier molecular flexibility index (Phi) is 2.87. The molecule has 2 heterocycles. The number of aromatic nitrogens is 2. The number of halogens is 2. The van der Waals surface area contributed by atoms with Crippen LogP contribution in [0.1, 0.15) is 17.2 Å². The van der Waals surface area contributed by atoms with Gasteiger partial charge in [0.2, 0.25) is 0 Å². The maximum Gasteiger partial charge on any atom is 0.141 e. The topological polar surface area (TPSA) is 51.8 Å². The lowest BCUT2D eigenvalue weighted by Crippen LogP contribution is -2.13. The van der Waals surface area contributed by atoms with Crippen LogP contribution in [0.15, 0.2) is 36.9 Å². The van der Waals surface area contributed by atoms with Gasteiger partial charge >= 0.3 is 0 Å². The molecule has 82 valence electrons. The number of nitrogens with two attached hydrogens (primary N) is 1. The highest BCUT2D eigenvalue weighted by molar-refractivity contribution is 5.27. The molecule has 0 saturated carbocycles. The molecule has 0 aromatic carbocycles. The Morgan fingerprint density at radius 3 is 1.69 bits per heavy atom. The summed E-state index contributed by atoms with van der Waals surface area (Å²) < 4.78 is 25.8. The summed E-state index contributed by atoms with van der Waals surface area (Å²) in [6.07, 6.45) is 5.05. The first kappa shape index (κ1) is 10.6. The van der Waals surface area contributed by atoms with Crippen molar-refractivity contribution in [2.45, 2.75) is 6.04 Å². The molecule has 2 rings (SSSR count). The Bertz CT molecular complexity index is 457. The second-order valence-electron chi connectivity index (χ2n) is 3.35. The molecule has 0 spiro atoms. The summed E-state index contributed by atoms with van der Waals surface area (Å²) >= 11 is 0. The van der Waals surface area contributed by atoms with E-state index in [-0.39, 0.29) is 0 Å². The van der Waals surface area contributed by atoms with E-state index >= 15 is 0 Å². The smallest absolute Gasteiger partial charge is 0.141 e. The lowest BCUT2D eigenvalue weighted by atomic mass is 10.0. The maximum absolute atomic E-state index is 12.9. The first-order chi connectivity index (χ1) is 7.66. The summed E-state index contributed by atoms with van der Waals surface area (Å²) in [5, 5.41) is 0. The van der Waals surface area contributed by atoms with Crippen LogP contribution in [0.25, 0.3) is 0 Å². The minimum absolute atomic E-state index is 0.475. The molecule has 2 N–H and O–H groups in total. The zero-order valence-corrected chi connectivity index (χ0v) is 8.27. The van der Waals surface area contributed by atoms with E-state index in [1.807, 2.05) is 0 Å². The zero-order valence-electron chi connectivity index (χ0n) is 8.27. The molecule has 2 aromatic rings. The Hall–Kier alpha value is -1.88. The SMILES string of the molecule is NC(c1cncc(F)c1)c1cncc(F)c1. The van der Waals surface area contributed by atoms with Gasteiger partial charge in [-0.15, -0.1) is 0 Å². The van der Waals surface area contributed by atoms with Crippen molar-refractivity contribution in [1.29, 1.82) is 0 Å². The monoisotopic (exact) mass is 221 g/mol. The molecule has 2 aromatic heterocycles. The predicted octanol–water partition coefficient (Wildman–Crippen LogP) is 1.80. The second kappa shape index (κ2) is 4.32. The number of pyridine rings is 2. The molecule has 0 aliphatic rings. The van der Waals surface area contributed by atoms with Crippen molar-refractivity contribution in [1.82, 2.24) is 9.97 Å². The third-order valence-corrected chi connectivity index (χ3v) is 2.17. The fraction of sp³-hybridized carbons (Fsp3) is 0.0909. The summed E-state index contributed by atoms with van der Waals surface area (Å²) in [6.45, 7) is 0. The Labute approximate surface area is 91.0 Å². The standard InChI is InChI=1S/C11H9F2N3/c12-9-1-7(3-15-5-9)11(14)8-2-10(13)6-16-4-8/h1-6,11H,14H2. The van der Waals surface area contributed by atoms with E-state index < -0.39 is 17.7 Å². The number of hydrogen-bond donors (Lipinski definition) is 1. The van der Waals surface area contributed by atoms with Crippen molar-refractivity contribution in [2.24, 2.45) is 5.73 Å². The molecule has 0 aliphatic carbocycles. The van der Waals surface area contributed by atoms with Crippen LogP contribution in [-0.2, 0) is 0 Å². The van der Waals surface area contributed by atoms with Crippen molar-refractivity contribution in [3.8, 4) is 0 Å². The summed E-state index contributed by atoms with van der Waals surface area (Å²) in [4.78, 5) is 7.37. The molecule has 0 fully saturated rings. The molecular weight excluding hydrogens is 212 g/mol. The summed E-state index contributed by atoms with van der Waals surface area (Å²) in [5.74, 6) is -0.949. The van der Waals surface area contributed by atoms with Gasteiger partial charge in [0.15, 0.2) is 0 Å². The normalized spacial score (nSPS) is 10.8. The predicted molar refractivity (Wildman–Crippen MR) is 54.4 cm³/mol. The Morgan fingerprint density at radius 1 is 0.875 bits per heavy atom. The molecule has 0 bridgehead atoms. The van der Waals surface area contributed by atoms with Crippen LogP contribution in [-0.4, -0.2) is 9.97 Å². The van der Waals surface area contributed by atoms with E-state index in [2.05, 4.69) is 9.97 Å². The third-order valence-electron chi connectivity index (χ3n) is 2.17. The van der Waals surface area contributed by atoms with Gasteiger partial charge in [-0.25, -0.2) is 8.78 Å². The number of hydrogen-bond acceptors (Lipinski definition) is 3. The Balaban J connectivity index is 2.35. The first-order valence-electron chi connectivity index (χ1n) is 4.63. The summed E-state index contributed by atoms with van der Waals surface area (Å²) in [7, 11) is 0. The molecule has 0 amide bonds. The van der Waals surface area contributed by atoms with Crippen LogP contribution in [0, 0.1) is 11.6 Å². The highest BCUT2D eigenvalue weighted by Crippen LogP contribution is 2.18. The maximum atomic E-state index is 12.9. The van der Waals surface area contributed by atoms with Crippen molar-refractivity contribution in [3.05, 3.63) is 59.7 Å². The van der Waals surface area contributed by atoms with E-state index in [0.717, 1.165) is 12.4 Å². The van der Waals surface area contributed by atoms with E-state index in [0.29, 0.717) is 11.1 Å². The minimum atomic E-state index is -0.633. The molecule has 3 nitrogen and oxygen atoms in total. The van der Waals surface area contributed by atoms with Gasteiger partial charge in [-0.1, -0.05) is 0 Å². The van der Waals surface area contributed by atoms with Crippen molar-refractivity contribution in [2.75, 3.05) is 0 Å². The largest absolute Gasteiger partial charge is 0.320 e. The zero-order chi connectivity index (χ0) is 11.5. The van der Waals surface area contributed by atoms with E-state index in [1.165, 1.54) is 24.5 Å². The van der Waals surface area contributed by atoms with Crippen LogP contribution in [0.5, 0.6) is 0 Å². The number of rotatable bonds is 2. The van der Waals surface area contributed by atoms with Gasteiger partial charge in [-0.05, 0) is 23.3 Å². The van der Waals surface area contributed by atoms with Crippen LogP contribution in [0.2, 0.25) is 0 Å². The summed E-state index contributed by atoms with van der Waals surface area (Å²) in [6, 6.07) is 1.90. The highest BCUT2D eigenvalue weighted by Gasteiger charge is 2.11. The molecule has 0 radical (unpaired) electrons. The molecule has 5 heteroatoms. The van der Waals surface area contributed by atoms with Gasteiger partial charge in [0.1, 0.15) is 11.6 Å². The molecule has 0 unspecified atom stereocenters. The van der Waals surface area contributed by atoms with Gasteiger partial charge in [0.05, 0.1) is 18.4 Å². The lowest BCUT2D eigenvalue weighted by Gasteiger charge is -2.11. The van der Waals surface area contributed by atoms with Crippen LogP contribution >= 0.6 is 0 Å². The van der Waals surface area contributed by atoms with Gasteiger partial charge in [0, 0.05) is 12.4 Å². The minimum Gasteiger partial charge on any atom is -0.320 e. The van der Waals surface area contributed by atoms with Crippen molar-refractivity contribution >= 4 is 0 Å². The molecule has 0 aliphatic heterocycles. The van der Waals surface area contributed by atoms with E-state index in [1.54, 1.807) is 0 Å². The molecule has 0 atom stereocenters. The van der Waals surface area contributed by atoms with Crippen LogP contribution in [0.3, 0.4) is 0 Å². The Morgan fingerprint density at radius 2 is 1.31 bits per heavy atom. The van der Waals surface area contributed by atoms with Gasteiger partial charge in [-0.2, -0.15) is 0 Å². The van der Waals surface area contributed by atoms with Crippen LogP contribution in [0.4, 0.5) is 8.78 Å². The average Bonchev–Trinajstić information content (AvgIpc) is 2.28. The van der Waals surface area contributed by atoms with Crippen LogP contribution < -0.4 is 5.73 Å². The van der Waals surface area contributed by atoms with Gasteiger partial charge in [-0.3, -0.25) is 9.97 Å². The first-order valence-corrected chi connectivity index (χ1v) is 4.63. The fourth-order valence-corrected chi connectivity index (χ4v) is 1.39. The fourth-order valence-electron chi connectivity index (χ4n) is 1.39. The quantitative estimate of drug-likeness (QED) is 0.841. The highest BCUT2D eigenvalue weighted by atomic mass is 19.1. The number of nitrogens with zero attached hydrogens (tertiary/aromatic N) is 2. The average molecular weight is 221 g/mol. The summed E-state index contributed by atoms with van der Waals surface area (Å²) in [5.41, 5.74) is 6.80. The molecule has 0 saturated heterocycles. The second-order valence-corrected chi connectivity index (χ2v) is 3.35. The van der Waals surface area contributed by atoms with Crippen molar-refractivity contribution < 1.29 is 8.78 Å². The van der Waals surface area contributed by atoms with Gasteiger partial charge in [0.25, 0.3) is 0 Å². The van der Waals surface area contributed by atoms with E-state index in [9.17, 15) is 8.78 Å². The molecular formula is C11H9F2N3. The lowest BCUT2D eigenvalue weighted by molar-refractivity contribution is 0.611.